The van der Waals surface area contributed by atoms with Gasteiger partial charge < -0.3 is 9.47 Å². The zero-order valence-electron chi connectivity index (χ0n) is 8.99. The van der Waals surface area contributed by atoms with E-state index in [-0.39, 0.29) is 6.42 Å². The number of nitriles is 1. The topological polar surface area (TPSA) is 76.4 Å². The number of ether oxygens (including phenoxy) is 2. The van der Waals surface area contributed by atoms with Crippen molar-refractivity contribution in [1.29, 1.82) is 5.26 Å². The maximum atomic E-state index is 11.0. The molecule has 0 rings (SSSR count). The molecule has 0 spiro atoms. The number of hydrogen-bond donors (Lipinski definition) is 0. The summed E-state index contributed by atoms with van der Waals surface area (Å²) in [5, 5.41) is 8.14. The average Bonchev–Trinajstić information content (AvgIpc) is 2.14. The highest BCUT2D eigenvalue weighted by Crippen LogP contribution is 1.99. The van der Waals surface area contributed by atoms with Crippen molar-refractivity contribution in [3.8, 4) is 6.07 Å². The zero-order chi connectivity index (χ0) is 11.7. The van der Waals surface area contributed by atoms with Crippen LogP contribution in [0.3, 0.4) is 0 Å². The third kappa shape index (κ3) is 8.75. The molecular weight excluding hydrogens is 198 g/mol. The summed E-state index contributed by atoms with van der Waals surface area (Å²) in [5.74, 6) is -0.834. The van der Waals surface area contributed by atoms with E-state index < -0.39 is 18.5 Å². The third-order valence-electron chi connectivity index (χ3n) is 1.53. The summed E-state index contributed by atoms with van der Waals surface area (Å²) >= 11 is 0. The summed E-state index contributed by atoms with van der Waals surface area (Å²) in [6, 6.07) is 1.62. The maximum absolute atomic E-state index is 11.0. The fourth-order valence-electron chi connectivity index (χ4n) is 0.705. The van der Waals surface area contributed by atoms with Gasteiger partial charge in [0, 0.05) is 0 Å². The van der Waals surface area contributed by atoms with E-state index in [1.165, 1.54) is 0 Å². The predicted octanol–water partition coefficient (Wildman–Crippen LogP) is 1.03. The minimum atomic E-state index is -0.710. The van der Waals surface area contributed by atoms with Crippen molar-refractivity contribution in [3.05, 3.63) is 0 Å². The molecule has 0 fully saturated rings. The van der Waals surface area contributed by atoms with Gasteiger partial charge in [0.2, 0.25) is 0 Å². The summed E-state index contributed by atoms with van der Waals surface area (Å²) in [4.78, 5) is 21.6. The van der Waals surface area contributed by atoms with Crippen LogP contribution in [0.5, 0.6) is 0 Å². The van der Waals surface area contributed by atoms with Crippen molar-refractivity contribution < 1.29 is 19.1 Å². The molecule has 84 valence electrons. The second-order valence-electron chi connectivity index (χ2n) is 3.40. The first kappa shape index (κ1) is 13.4. The van der Waals surface area contributed by atoms with E-state index >= 15 is 0 Å². The average molecular weight is 213 g/mol. The van der Waals surface area contributed by atoms with Crippen molar-refractivity contribution in [2.24, 2.45) is 5.92 Å². The van der Waals surface area contributed by atoms with Crippen molar-refractivity contribution in [3.63, 3.8) is 0 Å². The molecule has 0 heterocycles. The summed E-state index contributed by atoms with van der Waals surface area (Å²) in [6.07, 6.45) is 0.428. The third-order valence-corrected chi connectivity index (χ3v) is 1.53. The van der Waals surface area contributed by atoms with Gasteiger partial charge in [0.25, 0.3) is 0 Å². The molecule has 0 aromatic rings. The quantitative estimate of drug-likeness (QED) is 0.616. The lowest BCUT2D eigenvalue weighted by Crippen LogP contribution is -2.17. The van der Waals surface area contributed by atoms with Gasteiger partial charge in [-0.25, -0.2) is 4.79 Å². The second kappa shape index (κ2) is 7.80. The van der Waals surface area contributed by atoms with Gasteiger partial charge in [0.1, 0.15) is 6.42 Å². The van der Waals surface area contributed by atoms with E-state index in [4.69, 9.17) is 10.00 Å². The maximum Gasteiger partial charge on any atom is 0.344 e. The van der Waals surface area contributed by atoms with E-state index in [9.17, 15) is 9.59 Å². The van der Waals surface area contributed by atoms with E-state index in [0.717, 1.165) is 6.42 Å². The highest BCUT2D eigenvalue weighted by molar-refractivity contribution is 5.77. The van der Waals surface area contributed by atoms with Crippen LogP contribution in [-0.2, 0) is 19.1 Å². The molecule has 5 heteroatoms. The first-order chi connectivity index (χ1) is 7.06. The molecule has 0 radical (unpaired) electrons. The second-order valence-corrected chi connectivity index (χ2v) is 3.40. The smallest absolute Gasteiger partial charge is 0.344 e. The van der Waals surface area contributed by atoms with Crippen molar-refractivity contribution in [2.45, 2.75) is 26.7 Å². The van der Waals surface area contributed by atoms with Gasteiger partial charge in [-0.2, -0.15) is 5.26 Å². The summed E-state index contributed by atoms with van der Waals surface area (Å²) in [6.45, 7) is 3.94. The molecule has 0 aromatic carbocycles. The Bertz CT molecular complexity index is 255. The van der Waals surface area contributed by atoms with Gasteiger partial charge in [-0.1, -0.05) is 13.8 Å². The minimum Gasteiger partial charge on any atom is -0.463 e. The van der Waals surface area contributed by atoms with Gasteiger partial charge in [-0.05, 0) is 12.3 Å². The molecule has 0 aliphatic rings. The van der Waals surface area contributed by atoms with E-state index in [1.54, 1.807) is 6.07 Å². The molecule has 0 N–H and O–H groups in total. The molecule has 0 aromatic heterocycles. The molecule has 0 atom stereocenters. The summed E-state index contributed by atoms with van der Waals surface area (Å²) < 4.78 is 9.25. The van der Waals surface area contributed by atoms with Gasteiger partial charge in [-0.15, -0.1) is 0 Å². The number of carbonyl (C=O) groups is 2. The molecule has 0 bridgehead atoms. The number of esters is 2. The Labute approximate surface area is 89.0 Å². The number of hydrogen-bond acceptors (Lipinski definition) is 5. The van der Waals surface area contributed by atoms with Crippen LogP contribution in [0.2, 0.25) is 0 Å². The predicted molar refractivity (Wildman–Crippen MR) is 51.6 cm³/mol. The van der Waals surface area contributed by atoms with E-state index in [2.05, 4.69) is 4.74 Å². The Morgan fingerprint density at radius 3 is 2.47 bits per heavy atom. The lowest BCUT2D eigenvalue weighted by Gasteiger charge is -2.06. The van der Waals surface area contributed by atoms with Crippen molar-refractivity contribution in [1.82, 2.24) is 0 Å². The van der Waals surface area contributed by atoms with Crippen molar-refractivity contribution in [2.75, 3.05) is 13.2 Å². The van der Waals surface area contributed by atoms with Crippen LogP contribution in [0.25, 0.3) is 0 Å². The lowest BCUT2D eigenvalue weighted by molar-refractivity contribution is -0.158. The highest BCUT2D eigenvalue weighted by atomic mass is 16.6. The highest BCUT2D eigenvalue weighted by Gasteiger charge is 2.07. The van der Waals surface area contributed by atoms with Gasteiger partial charge in [-0.3, -0.25) is 4.79 Å². The summed E-state index contributed by atoms with van der Waals surface area (Å²) in [7, 11) is 0. The fraction of sp³-hybridized carbons (Fsp3) is 0.700. The van der Waals surface area contributed by atoms with Crippen LogP contribution in [0.1, 0.15) is 26.7 Å². The molecule has 0 aliphatic heterocycles. The minimum absolute atomic E-state index is 0.326. The molecule has 0 saturated heterocycles. The van der Waals surface area contributed by atoms with Crippen LogP contribution in [0.4, 0.5) is 0 Å². The number of carbonyl (C=O) groups excluding carboxylic acids is 2. The van der Waals surface area contributed by atoms with Gasteiger partial charge in [0.15, 0.2) is 6.61 Å². The molecule has 0 saturated carbocycles. The van der Waals surface area contributed by atoms with Gasteiger partial charge in [0.05, 0.1) is 12.7 Å². The number of rotatable bonds is 6. The fourth-order valence-corrected chi connectivity index (χ4v) is 0.705. The zero-order valence-corrected chi connectivity index (χ0v) is 8.99. The Kier molecular flexibility index (Phi) is 6.98. The Morgan fingerprint density at radius 1 is 1.27 bits per heavy atom. The van der Waals surface area contributed by atoms with Crippen LogP contribution < -0.4 is 0 Å². The number of nitrogens with zero attached hydrogens (tertiary/aromatic N) is 1. The van der Waals surface area contributed by atoms with Crippen LogP contribution in [-0.4, -0.2) is 25.2 Å². The SMILES string of the molecule is CC(C)CCOC(=O)COC(=O)CC#N. The van der Waals surface area contributed by atoms with Crippen LogP contribution in [0, 0.1) is 17.2 Å². The van der Waals surface area contributed by atoms with Crippen LogP contribution in [0.15, 0.2) is 0 Å². The molecule has 5 nitrogen and oxygen atoms in total. The van der Waals surface area contributed by atoms with Crippen LogP contribution >= 0.6 is 0 Å². The van der Waals surface area contributed by atoms with Gasteiger partial charge >= 0.3 is 11.9 Å². The lowest BCUT2D eigenvalue weighted by atomic mass is 10.1. The first-order valence-corrected chi connectivity index (χ1v) is 4.74. The molecule has 0 unspecified atom stereocenters. The van der Waals surface area contributed by atoms with E-state index in [0.29, 0.717) is 12.5 Å². The largest absolute Gasteiger partial charge is 0.463 e. The molecular formula is C10H15NO4. The summed E-state index contributed by atoms with van der Waals surface area (Å²) in [5.41, 5.74) is 0. The monoisotopic (exact) mass is 213 g/mol. The molecule has 0 aliphatic carbocycles. The molecule has 0 amide bonds. The van der Waals surface area contributed by atoms with Crippen molar-refractivity contribution >= 4 is 11.9 Å². The van der Waals surface area contributed by atoms with E-state index in [1.807, 2.05) is 13.8 Å². The standard InChI is InChI=1S/C10H15NO4/c1-8(2)4-6-14-10(13)7-15-9(12)3-5-11/h8H,3-4,6-7H2,1-2H3. The Hall–Kier alpha value is -1.57. The first-order valence-electron chi connectivity index (χ1n) is 4.74. The normalized spacial score (nSPS) is 9.47. The Morgan fingerprint density at radius 2 is 1.93 bits per heavy atom. The molecule has 15 heavy (non-hydrogen) atoms. The Balaban J connectivity index is 3.50.